The molecule has 1 saturated carbocycles. The van der Waals surface area contributed by atoms with Gasteiger partial charge in [0, 0.05) is 55.1 Å². The van der Waals surface area contributed by atoms with Gasteiger partial charge in [-0.15, -0.1) is 0 Å². The molecule has 0 radical (unpaired) electrons. The molecule has 0 aromatic carbocycles. The van der Waals surface area contributed by atoms with Crippen molar-refractivity contribution in [2.75, 3.05) is 19.7 Å². The number of aliphatic hydroxyl groups is 2. The zero-order valence-electron chi connectivity index (χ0n) is 23.6. The summed E-state index contributed by atoms with van der Waals surface area (Å²) in [5.74, 6) is -1.51. The van der Waals surface area contributed by atoms with E-state index in [1.54, 1.807) is 6.20 Å². The fraction of sp³-hybridized carbons (Fsp3) is 0.500. The van der Waals surface area contributed by atoms with Gasteiger partial charge in [0.1, 0.15) is 29.8 Å². The van der Waals surface area contributed by atoms with Crippen molar-refractivity contribution in [2.45, 2.75) is 68.7 Å². The predicted octanol–water partition coefficient (Wildman–Crippen LogP) is 2.35. The molecule has 6 rings (SSSR count). The molecule has 1 saturated heterocycles. The summed E-state index contributed by atoms with van der Waals surface area (Å²) in [6, 6.07) is 5.79. The number of fused-ring (bicyclic) bond motifs is 1. The summed E-state index contributed by atoms with van der Waals surface area (Å²) < 4.78 is 48.0. The number of halogens is 3. The molecule has 44 heavy (non-hydrogen) atoms. The van der Waals surface area contributed by atoms with E-state index < -0.39 is 30.4 Å². The Bertz CT molecular complexity index is 1640. The highest BCUT2D eigenvalue weighted by Gasteiger charge is 2.48. The summed E-state index contributed by atoms with van der Waals surface area (Å²) in [4.78, 5) is 21.2. The van der Waals surface area contributed by atoms with Crippen LogP contribution in [0.25, 0.3) is 22.3 Å². The topological polar surface area (TPSA) is 174 Å². The third-order valence-corrected chi connectivity index (χ3v) is 8.25. The number of rotatable bonds is 10. The fourth-order valence-corrected chi connectivity index (χ4v) is 6.00. The van der Waals surface area contributed by atoms with Crippen LogP contribution in [0.1, 0.15) is 43.6 Å². The number of likely N-dealkylation sites (tertiary alicyclic amines) is 1. The number of hydrogen-bond donors (Lipinski definition) is 4. The molecule has 16 heteroatoms. The molecule has 13 nitrogen and oxygen atoms in total. The lowest BCUT2D eigenvalue weighted by molar-refractivity contribution is -0.145. The van der Waals surface area contributed by atoms with Crippen molar-refractivity contribution in [1.82, 2.24) is 44.9 Å². The molecule has 1 aliphatic heterocycles. The van der Waals surface area contributed by atoms with Gasteiger partial charge in [-0.05, 0) is 31.7 Å². The SMILES string of the molecule is N#CCC1(n2cc(-c3ncnc4[nH]ccc34)cn2)CN(C2CCC(Oc3cc(CNC(O)CO)nc(C(F)(F)F)n3)CC2)C1. The second kappa shape index (κ2) is 12.1. The van der Waals surface area contributed by atoms with E-state index in [-0.39, 0.29) is 30.3 Å². The Morgan fingerprint density at radius 2 is 2.00 bits per heavy atom. The summed E-state index contributed by atoms with van der Waals surface area (Å²) >= 11 is 0. The molecular weight excluding hydrogens is 581 g/mol. The maximum absolute atomic E-state index is 13.4. The van der Waals surface area contributed by atoms with Gasteiger partial charge >= 0.3 is 6.18 Å². The molecule has 2 aliphatic rings. The first-order valence-corrected chi connectivity index (χ1v) is 14.3. The standard InChI is InChI=1S/C28H31F3N10O3/c29-28(30,31)26-38-18(11-34-22(43)13-42)9-23(39-26)44-20-3-1-19(2-4-20)40-14-27(15-40,6-7-32)41-12-17(10-37-41)24-21-5-8-33-25(21)36-16-35-24/h5,8-10,12,16,19-20,22,34,42-43H,1-4,6,11,13-15H2,(H,33,35,36). The Balaban J connectivity index is 1.08. The van der Waals surface area contributed by atoms with Gasteiger partial charge in [0.15, 0.2) is 0 Å². The third-order valence-electron chi connectivity index (χ3n) is 8.25. The summed E-state index contributed by atoms with van der Waals surface area (Å²) in [5.41, 5.74) is 1.86. The van der Waals surface area contributed by atoms with E-state index in [4.69, 9.17) is 9.84 Å². The van der Waals surface area contributed by atoms with E-state index in [1.165, 1.54) is 12.4 Å². The molecule has 1 atom stereocenters. The molecule has 5 heterocycles. The molecule has 232 valence electrons. The highest BCUT2D eigenvalue weighted by atomic mass is 19.4. The molecule has 0 amide bonds. The molecule has 4 aromatic rings. The molecule has 0 spiro atoms. The minimum absolute atomic E-state index is 0.0167. The molecule has 2 fully saturated rings. The first kappa shape index (κ1) is 29.9. The van der Waals surface area contributed by atoms with Gasteiger partial charge in [0.25, 0.3) is 0 Å². The van der Waals surface area contributed by atoms with Crippen LogP contribution in [0.4, 0.5) is 13.2 Å². The Morgan fingerprint density at radius 1 is 1.20 bits per heavy atom. The molecular formula is C28H31F3N10O3. The van der Waals surface area contributed by atoms with E-state index in [0.717, 1.165) is 35.1 Å². The van der Waals surface area contributed by atoms with Gasteiger partial charge in [-0.3, -0.25) is 14.9 Å². The van der Waals surface area contributed by atoms with Crippen LogP contribution in [0, 0.1) is 11.3 Å². The fourth-order valence-electron chi connectivity index (χ4n) is 6.00. The smallest absolute Gasteiger partial charge is 0.451 e. The van der Waals surface area contributed by atoms with Crippen molar-refractivity contribution < 1.29 is 28.1 Å². The van der Waals surface area contributed by atoms with Gasteiger partial charge < -0.3 is 19.9 Å². The number of alkyl halides is 3. The lowest BCUT2D eigenvalue weighted by Crippen LogP contribution is -2.65. The second-order valence-corrected chi connectivity index (χ2v) is 11.2. The van der Waals surface area contributed by atoms with E-state index in [9.17, 15) is 23.5 Å². The highest BCUT2D eigenvalue weighted by molar-refractivity contribution is 5.90. The molecule has 1 aliphatic carbocycles. The molecule has 0 bridgehead atoms. The quantitative estimate of drug-likeness (QED) is 0.194. The van der Waals surface area contributed by atoms with Gasteiger partial charge in [-0.2, -0.15) is 28.5 Å². The lowest BCUT2D eigenvalue weighted by Gasteiger charge is -2.53. The number of H-pyrrole nitrogens is 1. The van der Waals surface area contributed by atoms with Gasteiger partial charge in [0.05, 0.1) is 36.7 Å². The van der Waals surface area contributed by atoms with Crippen LogP contribution in [-0.4, -0.2) is 87.9 Å². The number of nitrogens with one attached hydrogen (secondary N) is 2. The Labute approximate surface area is 249 Å². The van der Waals surface area contributed by atoms with Gasteiger partial charge in [-0.25, -0.2) is 15.0 Å². The number of ether oxygens (including phenoxy) is 1. The van der Waals surface area contributed by atoms with Crippen molar-refractivity contribution in [3.8, 4) is 23.2 Å². The highest BCUT2D eigenvalue weighted by Crippen LogP contribution is 2.39. The second-order valence-electron chi connectivity index (χ2n) is 11.2. The number of nitriles is 1. The van der Waals surface area contributed by atoms with Crippen LogP contribution in [0.2, 0.25) is 0 Å². The average Bonchev–Trinajstić information content (AvgIpc) is 3.68. The van der Waals surface area contributed by atoms with Crippen molar-refractivity contribution in [2.24, 2.45) is 0 Å². The van der Waals surface area contributed by atoms with Crippen LogP contribution < -0.4 is 10.1 Å². The zero-order valence-corrected chi connectivity index (χ0v) is 23.6. The van der Waals surface area contributed by atoms with Crippen molar-refractivity contribution in [1.29, 1.82) is 5.26 Å². The monoisotopic (exact) mass is 612 g/mol. The first-order chi connectivity index (χ1) is 21.2. The van der Waals surface area contributed by atoms with Crippen molar-refractivity contribution in [3.63, 3.8) is 0 Å². The Hall–Kier alpha value is -4.17. The van der Waals surface area contributed by atoms with Gasteiger partial charge in [0.2, 0.25) is 11.7 Å². The number of nitrogens with zero attached hydrogens (tertiary/aromatic N) is 8. The van der Waals surface area contributed by atoms with Crippen LogP contribution in [0.15, 0.2) is 37.1 Å². The van der Waals surface area contributed by atoms with E-state index in [1.807, 2.05) is 23.1 Å². The minimum Gasteiger partial charge on any atom is -0.474 e. The number of aliphatic hydroxyl groups excluding tert-OH is 2. The van der Waals surface area contributed by atoms with Crippen LogP contribution in [0.5, 0.6) is 5.88 Å². The molecule has 4 N–H and O–H groups in total. The van der Waals surface area contributed by atoms with Crippen molar-refractivity contribution >= 4 is 11.0 Å². The number of aromatic nitrogens is 7. The summed E-state index contributed by atoms with van der Waals surface area (Å²) in [7, 11) is 0. The maximum atomic E-state index is 13.4. The summed E-state index contributed by atoms with van der Waals surface area (Å²) in [6.07, 6.45) is 3.72. The summed E-state index contributed by atoms with van der Waals surface area (Å²) in [5, 5.41) is 36.1. The minimum atomic E-state index is -4.77. The summed E-state index contributed by atoms with van der Waals surface area (Å²) in [6.45, 7) is 0.501. The van der Waals surface area contributed by atoms with Crippen molar-refractivity contribution in [3.05, 3.63) is 48.6 Å². The predicted molar refractivity (Wildman–Crippen MR) is 149 cm³/mol. The average molecular weight is 613 g/mol. The van der Waals surface area contributed by atoms with Crippen LogP contribution >= 0.6 is 0 Å². The van der Waals surface area contributed by atoms with E-state index in [2.05, 4.69) is 46.3 Å². The molecule has 4 aromatic heterocycles. The third kappa shape index (κ3) is 6.09. The van der Waals surface area contributed by atoms with Crippen LogP contribution in [0.3, 0.4) is 0 Å². The van der Waals surface area contributed by atoms with E-state index in [0.29, 0.717) is 32.4 Å². The number of hydrogen-bond acceptors (Lipinski definition) is 11. The normalized spacial score (nSPS) is 21.1. The van der Waals surface area contributed by atoms with Gasteiger partial charge in [-0.1, -0.05) is 0 Å². The number of aromatic amines is 1. The molecule has 1 unspecified atom stereocenters. The zero-order chi connectivity index (χ0) is 30.9. The first-order valence-electron chi connectivity index (χ1n) is 14.3. The largest absolute Gasteiger partial charge is 0.474 e. The van der Waals surface area contributed by atoms with Crippen LogP contribution in [-0.2, 0) is 18.3 Å². The maximum Gasteiger partial charge on any atom is 0.451 e. The Kier molecular flexibility index (Phi) is 8.20. The van der Waals surface area contributed by atoms with E-state index >= 15 is 0 Å². The lowest BCUT2D eigenvalue weighted by atomic mass is 9.82. The Morgan fingerprint density at radius 3 is 2.73 bits per heavy atom.